The smallest absolute Gasteiger partial charge is 0.323 e. The molecule has 1 aliphatic heterocycles. The van der Waals surface area contributed by atoms with Crippen molar-refractivity contribution in [3.8, 4) is 0 Å². The highest BCUT2D eigenvalue weighted by atomic mass is 16.5. The van der Waals surface area contributed by atoms with Crippen molar-refractivity contribution in [2.45, 2.75) is 38.8 Å². The minimum absolute atomic E-state index is 0.112. The van der Waals surface area contributed by atoms with Crippen LogP contribution in [0.5, 0.6) is 0 Å². The number of rotatable bonds is 4. The molecule has 88 valence electrons. The first kappa shape index (κ1) is 12.5. The van der Waals surface area contributed by atoms with Gasteiger partial charge in [-0.15, -0.1) is 0 Å². The Morgan fingerprint density at radius 3 is 2.67 bits per heavy atom. The Labute approximate surface area is 92.0 Å². The largest absolute Gasteiger partial charge is 0.465 e. The molecule has 1 N–H and O–H groups in total. The lowest BCUT2D eigenvalue weighted by molar-refractivity contribution is -0.149. The van der Waals surface area contributed by atoms with Gasteiger partial charge in [0.05, 0.1) is 6.61 Å². The van der Waals surface area contributed by atoms with Crippen LogP contribution in [0, 0.1) is 0 Å². The zero-order valence-corrected chi connectivity index (χ0v) is 9.95. The van der Waals surface area contributed by atoms with E-state index in [1.807, 2.05) is 20.9 Å². The fourth-order valence-electron chi connectivity index (χ4n) is 1.96. The molecule has 1 atom stereocenters. The predicted molar refractivity (Wildman–Crippen MR) is 59.7 cm³/mol. The molecule has 1 saturated heterocycles. The van der Waals surface area contributed by atoms with Crippen LogP contribution in [0.1, 0.15) is 26.7 Å². The van der Waals surface area contributed by atoms with E-state index in [1.54, 1.807) is 0 Å². The van der Waals surface area contributed by atoms with Crippen LogP contribution in [0.15, 0.2) is 0 Å². The third kappa shape index (κ3) is 3.47. The zero-order chi connectivity index (χ0) is 11.3. The van der Waals surface area contributed by atoms with Crippen molar-refractivity contribution < 1.29 is 9.53 Å². The summed E-state index contributed by atoms with van der Waals surface area (Å²) in [6.07, 6.45) is 2.22. The summed E-state index contributed by atoms with van der Waals surface area (Å²) >= 11 is 0. The van der Waals surface area contributed by atoms with Crippen molar-refractivity contribution in [3.05, 3.63) is 0 Å². The minimum atomic E-state index is -0.131. The topological polar surface area (TPSA) is 41.6 Å². The molecule has 1 unspecified atom stereocenters. The number of carbonyl (C=O) groups is 1. The quantitative estimate of drug-likeness (QED) is 0.697. The molecule has 0 aromatic heterocycles. The third-order valence-corrected chi connectivity index (χ3v) is 3.12. The molecule has 0 saturated carbocycles. The molecule has 15 heavy (non-hydrogen) atoms. The average molecular weight is 214 g/mol. The van der Waals surface area contributed by atoms with Crippen LogP contribution in [0.4, 0.5) is 0 Å². The Morgan fingerprint density at radius 1 is 1.53 bits per heavy atom. The molecular formula is C11H22N2O2. The van der Waals surface area contributed by atoms with Crippen molar-refractivity contribution in [2.75, 3.05) is 26.7 Å². The zero-order valence-electron chi connectivity index (χ0n) is 9.95. The van der Waals surface area contributed by atoms with Gasteiger partial charge in [0.25, 0.3) is 0 Å². The average Bonchev–Trinajstić information content (AvgIpc) is 2.28. The van der Waals surface area contributed by atoms with Gasteiger partial charge in [-0.2, -0.15) is 0 Å². The number of piperidine rings is 1. The summed E-state index contributed by atoms with van der Waals surface area (Å²) in [5.74, 6) is -0.112. The number of carbonyl (C=O) groups excluding carboxylic acids is 1. The van der Waals surface area contributed by atoms with Crippen molar-refractivity contribution in [3.63, 3.8) is 0 Å². The Kier molecular flexibility index (Phi) is 5.05. The Bertz CT molecular complexity index is 203. The van der Waals surface area contributed by atoms with E-state index in [1.165, 1.54) is 0 Å². The summed E-state index contributed by atoms with van der Waals surface area (Å²) in [4.78, 5) is 13.7. The minimum Gasteiger partial charge on any atom is -0.465 e. The first-order valence-corrected chi connectivity index (χ1v) is 5.76. The van der Waals surface area contributed by atoms with Crippen LogP contribution < -0.4 is 5.32 Å². The van der Waals surface area contributed by atoms with Gasteiger partial charge in [-0.25, -0.2) is 0 Å². The standard InChI is InChI=1S/C11H22N2O2/c1-4-15-11(14)9(2)13(3)10-5-7-12-8-6-10/h9-10,12H,4-8H2,1-3H3. The van der Waals surface area contributed by atoms with Gasteiger partial charge in [0.2, 0.25) is 0 Å². The van der Waals surface area contributed by atoms with Crippen LogP contribution in [-0.2, 0) is 9.53 Å². The van der Waals surface area contributed by atoms with Crippen LogP contribution in [0.25, 0.3) is 0 Å². The number of nitrogens with zero attached hydrogens (tertiary/aromatic N) is 1. The first-order valence-electron chi connectivity index (χ1n) is 5.76. The van der Waals surface area contributed by atoms with E-state index in [0.717, 1.165) is 25.9 Å². The van der Waals surface area contributed by atoms with Crippen molar-refractivity contribution in [2.24, 2.45) is 0 Å². The van der Waals surface area contributed by atoms with E-state index in [2.05, 4.69) is 10.2 Å². The monoisotopic (exact) mass is 214 g/mol. The third-order valence-electron chi connectivity index (χ3n) is 3.12. The highest BCUT2D eigenvalue weighted by Gasteiger charge is 2.26. The van der Waals surface area contributed by atoms with Crippen molar-refractivity contribution in [1.29, 1.82) is 0 Å². The summed E-state index contributed by atoms with van der Waals surface area (Å²) < 4.78 is 5.02. The molecular weight excluding hydrogens is 192 g/mol. The van der Waals surface area contributed by atoms with Gasteiger partial charge in [0.1, 0.15) is 6.04 Å². The molecule has 1 aliphatic rings. The molecule has 1 fully saturated rings. The Morgan fingerprint density at radius 2 is 2.13 bits per heavy atom. The highest BCUT2D eigenvalue weighted by Crippen LogP contribution is 2.13. The summed E-state index contributed by atoms with van der Waals surface area (Å²) in [6, 6.07) is 0.374. The van der Waals surface area contributed by atoms with Gasteiger partial charge in [-0.1, -0.05) is 0 Å². The van der Waals surface area contributed by atoms with Crippen molar-refractivity contribution >= 4 is 5.97 Å². The van der Waals surface area contributed by atoms with Gasteiger partial charge in [0, 0.05) is 6.04 Å². The van der Waals surface area contributed by atoms with E-state index in [4.69, 9.17) is 4.74 Å². The molecule has 4 heteroatoms. The second-order valence-corrected chi connectivity index (χ2v) is 4.07. The molecule has 0 aromatic carbocycles. The number of ether oxygens (including phenoxy) is 1. The van der Waals surface area contributed by atoms with Gasteiger partial charge in [0.15, 0.2) is 0 Å². The lowest BCUT2D eigenvalue weighted by Gasteiger charge is -2.34. The fourth-order valence-corrected chi connectivity index (χ4v) is 1.96. The van der Waals surface area contributed by atoms with E-state index in [0.29, 0.717) is 12.6 Å². The van der Waals surface area contributed by atoms with Gasteiger partial charge in [-0.05, 0) is 46.8 Å². The molecule has 0 aliphatic carbocycles. The van der Waals surface area contributed by atoms with Gasteiger partial charge >= 0.3 is 5.97 Å². The predicted octanol–water partition coefficient (Wildman–Crippen LogP) is 0.622. The molecule has 0 aromatic rings. The molecule has 0 radical (unpaired) electrons. The lowest BCUT2D eigenvalue weighted by Crippen LogP contribution is -2.48. The Hall–Kier alpha value is -0.610. The fraction of sp³-hybridized carbons (Fsp3) is 0.909. The SMILES string of the molecule is CCOC(=O)C(C)N(C)C1CCNCC1. The number of nitrogens with one attached hydrogen (secondary N) is 1. The first-order chi connectivity index (χ1) is 7.16. The number of hydrogen-bond acceptors (Lipinski definition) is 4. The van der Waals surface area contributed by atoms with E-state index in [9.17, 15) is 4.79 Å². The molecule has 1 rings (SSSR count). The highest BCUT2D eigenvalue weighted by molar-refractivity contribution is 5.75. The molecule has 0 spiro atoms. The maximum Gasteiger partial charge on any atom is 0.323 e. The summed E-state index contributed by atoms with van der Waals surface area (Å²) in [5.41, 5.74) is 0. The number of hydrogen-bond donors (Lipinski definition) is 1. The summed E-state index contributed by atoms with van der Waals surface area (Å²) in [6.45, 7) is 6.31. The maximum atomic E-state index is 11.5. The molecule has 0 amide bonds. The number of likely N-dealkylation sites (N-methyl/N-ethyl adjacent to an activating group) is 1. The normalized spacial score (nSPS) is 20.3. The summed E-state index contributed by atoms with van der Waals surface area (Å²) in [5, 5.41) is 3.32. The maximum absolute atomic E-state index is 11.5. The number of esters is 1. The van der Waals surface area contributed by atoms with E-state index >= 15 is 0 Å². The molecule has 0 bridgehead atoms. The van der Waals surface area contributed by atoms with Gasteiger partial charge in [-0.3, -0.25) is 9.69 Å². The lowest BCUT2D eigenvalue weighted by atomic mass is 10.0. The van der Waals surface area contributed by atoms with Crippen LogP contribution in [0.3, 0.4) is 0 Å². The van der Waals surface area contributed by atoms with Crippen LogP contribution >= 0.6 is 0 Å². The van der Waals surface area contributed by atoms with E-state index < -0.39 is 0 Å². The summed E-state index contributed by atoms with van der Waals surface area (Å²) in [7, 11) is 2.01. The second kappa shape index (κ2) is 6.08. The molecule has 1 heterocycles. The second-order valence-electron chi connectivity index (χ2n) is 4.07. The van der Waals surface area contributed by atoms with Gasteiger partial charge < -0.3 is 10.1 Å². The van der Waals surface area contributed by atoms with Crippen LogP contribution in [-0.4, -0.2) is 49.7 Å². The van der Waals surface area contributed by atoms with Crippen LogP contribution in [0.2, 0.25) is 0 Å². The molecule has 4 nitrogen and oxygen atoms in total. The Balaban J connectivity index is 2.43. The van der Waals surface area contributed by atoms with E-state index in [-0.39, 0.29) is 12.0 Å². The van der Waals surface area contributed by atoms with Crippen molar-refractivity contribution in [1.82, 2.24) is 10.2 Å².